The molecule has 0 saturated heterocycles. The van der Waals surface area contributed by atoms with Crippen LogP contribution in [0.15, 0.2) is 24.0 Å². The number of aryl methyl sites for hydroxylation is 1. The lowest BCUT2D eigenvalue weighted by Gasteiger charge is -2.09. The summed E-state index contributed by atoms with van der Waals surface area (Å²) in [5.41, 5.74) is 0.363. The average Bonchev–Trinajstić information content (AvgIpc) is 3.38. The Bertz CT molecular complexity index is 877. The average molecular weight is 379 g/mol. The fourth-order valence-corrected chi connectivity index (χ4v) is 4.20. The van der Waals surface area contributed by atoms with Gasteiger partial charge in [0, 0.05) is 21.1 Å². The number of allylic oxidation sites excluding steroid dienone is 1. The topological polar surface area (TPSA) is 52.6 Å². The lowest BCUT2D eigenvalue weighted by atomic mass is 9.97. The number of thiophene rings is 1. The zero-order chi connectivity index (χ0) is 18.1. The zero-order valence-electron chi connectivity index (χ0n) is 14.3. The van der Waals surface area contributed by atoms with Gasteiger partial charge in [0.05, 0.1) is 30.4 Å². The van der Waals surface area contributed by atoms with Crippen molar-refractivity contribution in [2.45, 2.75) is 26.7 Å². The predicted molar refractivity (Wildman–Crippen MR) is 99.9 cm³/mol. The summed E-state index contributed by atoms with van der Waals surface area (Å²) in [4.78, 5) is 26.5. The van der Waals surface area contributed by atoms with Crippen molar-refractivity contribution in [2.24, 2.45) is 5.92 Å². The van der Waals surface area contributed by atoms with Crippen molar-refractivity contribution in [3.05, 3.63) is 39.4 Å². The summed E-state index contributed by atoms with van der Waals surface area (Å²) in [6.45, 7) is 4.13. The van der Waals surface area contributed by atoms with Gasteiger partial charge in [-0.3, -0.25) is 9.59 Å². The number of hydrogen-bond donors (Lipinski definition) is 0. The highest BCUT2D eigenvalue weighted by Crippen LogP contribution is 2.43. The minimum atomic E-state index is -0.400. The number of carbonyl (C=O) groups is 2. The van der Waals surface area contributed by atoms with Crippen LogP contribution in [0.3, 0.4) is 0 Å². The fraction of sp³-hybridized carbons (Fsp3) is 0.368. The second-order valence-electron chi connectivity index (χ2n) is 5.95. The number of fused-ring (bicyclic) bond motifs is 1. The number of hydrogen-bond acceptors (Lipinski definition) is 5. The number of carbonyl (C=O) groups excluding carboxylic acids is 2. The van der Waals surface area contributed by atoms with Gasteiger partial charge in [-0.2, -0.15) is 0 Å². The van der Waals surface area contributed by atoms with Gasteiger partial charge >= 0.3 is 0 Å². The van der Waals surface area contributed by atoms with Crippen LogP contribution in [-0.2, 0) is 9.53 Å². The molecule has 1 fully saturated rings. The molecule has 1 aliphatic carbocycles. The first-order valence-electron chi connectivity index (χ1n) is 8.15. The predicted octanol–water partition coefficient (Wildman–Crippen LogP) is 4.95. The smallest absolute Gasteiger partial charge is 0.201 e. The molecule has 4 nitrogen and oxygen atoms in total. The number of methoxy groups -OCH3 is 1. The molecule has 1 saturated carbocycles. The third-order valence-electron chi connectivity index (χ3n) is 4.19. The van der Waals surface area contributed by atoms with E-state index in [0.29, 0.717) is 28.3 Å². The monoisotopic (exact) mass is 378 g/mol. The van der Waals surface area contributed by atoms with Crippen molar-refractivity contribution in [3.63, 3.8) is 0 Å². The number of Topliss-reactive ketones (excluding diaryl/α,β-unsaturated/α-hetero) is 2. The lowest BCUT2D eigenvalue weighted by molar-refractivity contribution is -0.116. The molecule has 1 aromatic heterocycles. The normalized spacial score (nSPS) is 14.6. The summed E-state index contributed by atoms with van der Waals surface area (Å²) in [5, 5.41) is 1.03. The van der Waals surface area contributed by atoms with Gasteiger partial charge in [0.2, 0.25) is 5.78 Å². The van der Waals surface area contributed by atoms with Crippen molar-refractivity contribution >= 4 is 44.6 Å². The van der Waals surface area contributed by atoms with Gasteiger partial charge in [0.1, 0.15) is 11.3 Å². The van der Waals surface area contributed by atoms with E-state index >= 15 is 0 Å². The van der Waals surface area contributed by atoms with E-state index in [1.54, 1.807) is 31.4 Å². The maximum atomic E-state index is 13.0. The second kappa shape index (κ2) is 7.18. The summed E-state index contributed by atoms with van der Waals surface area (Å²) in [7, 11) is 1.58. The summed E-state index contributed by atoms with van der Waals surface area (Å²) < 4.78 is 11.6. The van der Waals surface area contributed by atoms with E-state index in [-0.39, 0.29) is 17.3 Å². The van der Waals surface area contributed by atoms with E-state index in [1.807, 2.05) is 13.0 Å². The first kappa shape index (κ1) is 18.0. The largest absolute Gasteiger partial charge is 0.501 e. The van der Waals surface area contributed by atoms with Gasteiger partial charge in [-0.25, -0.2) is 0 Å². The van der Waals surface area contributed by atoms with Crippen molar-refractivity contribution in [1.29, 1.82) is 0 Å². The van der Waals surface area contributed by atoms with Crippen LogP contribution in [0.1, 0.15) is 35.0 Å². The Morgan fingerprint density at radius 1 is 1.36 bits per heavy atom. The molecule has 0 aliphatic heterocycles. The molecule has 1 aromatic carbocycles. The number of ketones is 2. The van der Waals surface area contributed by atoms with Gasteiger partial charge in [0.25, 0.3) is 0 Å². The lowest BCUT2D eigenvalue weighted by Crippen LogP contribution is -2.16. The number of rotatable bonds is 7. The summed E-state index contributed by atoms with van der Waals surface area (Å²) in [5.74, 6) is 0.0332. The molecule has 1 aliphatic rings. The molecule has 25 heavy (non-hydrogen) atoms. The van der Waals surface area contributed by atoms with Crippen LogP contribution < -0.4 is 4.74 Å². The van der Waals surface area contributed by atoms with Crippen molar-refractivity contribution in [1.82, 2.24) is 0 Å². The third-order valence-corrected chi connectivity index (χ3v) is 5.63. The molecule has 0 amide bonds. The van der Waals surface area contributed by atoms with Crippen molar-refractivity contribution in [3.8, 4) is 5.75 Å². The Balaban J connectivity index is 2.08. The number of ether oxygens (including phenoxy) is 2. The van der Waals surface area contributed by atoms with Crippen LogP contribution in [0.5, 0.6) is 5.75 Å². The number of halogens is 1. The van der Waals surface area contributed by atoms with E-state index < -0.39 is 5.78 Å². The standard InChI is InChI=1S/C19H19ClO4S/c1-4-24-9-13(17(21)11-5-6-11)18(22)12-7-8-14-15(16(12)20)19(23-3)10(2)25-14/h7-9,11H,4-6H2,1-3H3. The van der Waals surface area contributed by atoms with Crippen LogP contribution >= 0.6 is 22.9 Å². The number of benzene rings is 1. The van der Waals surface area contributed by atoms with Crippen LogP contribution in [0.25, 0.3) is 10.1 Å². The molecule has 1 heterocycles. The van der Waals surface area contributed by atoms with Gasteiger partial charge in [0.15, 0.2) is 5.78 Å². The van der Waals surface area contributed by atoms with E-state index in [1.165, 1.54) is 6.26 Å². The summed E-state index contributed by atoms with van der Waals surface area (Å²) in [6, 6.07) is 3.51. The molecular weight excluding hydrogens is 360 g/mol. The van der Waals surface area contributed by atoms with Gasteiger partial charge in [-0.05, 0) is 38.8 Å². The van der Waals surface area contributed by atoms with Crippen LogP contribution in [-0.4, -0.2) is 25.3 Å². The Labute approximate surface area is 155 Å². The molecule has 2 aromatic rings. The Morgan fingerprint density at radius 2 is 2.08 bits per heavy atom. The Kier molecular flexibility index (Phi) is 5.16. The molecule has 0 bridgehead atoms. The first-order chi connectivity index (χ1) is 12.0. The highest BCUT2D eigenvalue weighted by Gasteiger charge is 2.35. The van der Waals surface area contributed by atoms with Gasteiger partial charge < -0.3 is 9.47 Å². The van der Waals surface area contributed by atoms with Crippen LogP contribution in [0.2, 0.25) is 5.02 Å². The van der Waals surface area contributed by atoms with E-state index in [0.717, 1.165) is 22.4 Å². The highest BCUT2D eigenvalue weighted by atomic mass is 35.5. The molecule has 0 unspecified atom stereocenters. The SMILES string of the molecule is CCOC=C(C(=O)c1ccc2sc(C)c(OC)c2c1Cl)C(=O)C1CC1. The van der Waals surface area contributed by atoms with Gasteiger partial charge in [-0.1, -0.05) is 11.6 Å². The molecule has 3 rings (SSSR count). The summed E-state index contributed by atoms with van der Waals surface area (Å²) in [6.07, 6.45) is 2.92. The molecular formula is C19H19ClO4S. The van der Waals surface area contributed by atoms with E-state index in [4.69, 9.17) is 21.1 Å². The van der Waals surface area contributed by atoms with E-state index in [9.17, 15) is 9.59 Å². The third kappa shape index (κ3) is 3.31. The maximum absolute atomic E-state index is 13.0. The Morgan fingerprint density at radius 3 is 2.68 bits per heavy atom. The van der Waals surface area contributed by atoms with Crippen LogP contribution in [0, 0.1) is 12.8 Å². The highest BCUT2D eigenvalue weighted by molar-refractivity contribution is 7.19. The summed E-state index contributed by atoms with van der Waals surface area (Å²) >= 11 is 8.09. The quantitative estimate of drug-likeness (QED) is 0.225. The minimum Gasteiger partial charge on any atom is -0.501 e. The zero-order valence-corrected chi connectivity index (χ0v) is 15.9. The van der Waals surface area contributed by atoms with Crippen molar-refractivity contribution in [2.75, 3.05) is 13.7 Å². The molecule has 132 valence electrons. The first-order valence-corrected chi connectivity index (χ1v) is 9.35. The molecule has 0 radical (unpaired) electrons. The fourth-order valence-electron chi connectivity index (χ4n) is 2.76. The minimum absolute atomic E-state index is 0.0662. The maximum Gasteiger partial charge on any atom is 0.201 e. The molecule has 0 atom stereocenters. The molecule has 0 spiro atoms. The Hall–Kier alpha value is -1.85. The second-order valence-corrected chi connectivity index (χ2v) is 7.58. The molecule has 6 heteroatoms. The van der Waals surface area contributed by atoms with Gasteiger partial charge in [-0.15, -0.1) is 11.3 Å². The molecule has 0 N–H and O–H groups in total. The van der Waals surface area contributed by atoms with Crippen LogP contribution in [0.4, 0.5) is 0 Å². The van der Waals surface area contributed by atoms with Crippen molar-refractivity contribution < 1.29 is 19.1 Å². The van der Waals surface area contributed by atoms with E-state index in [2.05, 4.69) is 0 Å².